The number of benzene rings is 1. The van der Waals surface area contributed by atoms with Crippen LogP contribution in [-0.4, -0.2) is 70.2 Å². The molecule has 1 aromatic carbocycles. The van der Waals surface area contributed by atoms with Crippen LogP contribution in [0.4, 0.5) is 23.8 Å². The van der Waals surface area contributed by atoms with Gasteiger partial charge in [-0.05, 0) is 54.8 Å². The van der Waals surface area contributed by atoms with Crippen molar-refractivity contribution in [3.05, 3.63) is 77.0 Å². The van der Waals surface area contributed by atoms with Crippen molar-refractivity contribution in [2.24, 2.45) is 0 Å². The molecular weight excluding hydrogens is 543 g/mol. The number of nitrogens with one attached hydrogen (secondary N) is 3. The molecule has 1 aliphatic rings. The van der Waals surface area contributed by atoms with Crippen LogP contribution in [-0.2, 0) is 16.1 Å². The minimum atomic E-state index is -3.14. The smallest absolute Gasteiger partial charge is 0.318 e. The highest BCUT2D eigenvalue weighted by molar-refractivity contribution is 6.00. The van der Waals surface area contributed by atoms with Crippen molar-refractivity contribution in [1.29, 1.82) is 0 Å². The first kappa shape index (κ1) is 29.5. The Labute approximate surface area is 234 Å². The number of aromatic nitrogens is 3. The fourth-order valence-corrected chi connectivity index (χ4v) is 4.51. The molecule has 3 aromatic rings. The van der Waals surface area contributed by atoms with Crippen molar-refractivity contribution >= 4 is 23.7 Å². The van der Waals surface area contributed by atoms with Gasteiger partial charge in [-0.15, -0.1) is 0 Å². The van der Waals surface area contributed by atoms with Gasteiger partial charge in [0.15, 0.2) is 0 Å². The maximum absolute atomic E-state index is 14.1. The van der Waals surface area contributed by atoms with Crippen LogP contribution < -0.4 is 16.0 Å². The summed E-state index contributed by atoms with van der Waals surface area (Å²) in [7, 11) is 1.37. The number of carbonyl (C=O) groups is 3. The second-order valence-electron chi connectivity index (χ2n) is 9.52. The molecular formula is C27H30F3N7O4. The van der Waals surface area contributed by atoms with Gasteiger partial charge in [-0.25, -0.2) is 22.9 Å². The van der Waals surface area contributed by atoms with Crippen molar-refractivity contribution in [2.75, 3.05) is 32.1 Å². The third kappa shape index (κ3) is 6.82. The van der Waals surface area contributed by atoms with Gasteiger partial charge >= 0.3 is 6.03 Å². The summed E-state index contributed by atoms with van der Waals surface area (Å²) in [5.41, 5.74) is 1.20. The maximum Gasteiger partial charge on any atom is 0.318 e. The van der Waals surface area contributed by atoms with Crippen LogP contribution in [0.5, 0.6) is 0 Å². The van der Waals surface area contributed by atoms with E-state index in [1.165, 1.54) is 67.5 Å². The normalized spacial score (nSPS) is 16.0. The van der Waals surface area contributed by atoms with E-state index in [0.29, 0.717) is 17.7 Å². The number of hydrogen-bond acceptors (Lipinski definition) is 6. The number of alkyl halides is 2. The van der Waals surface area contributed by atoms with Crippen molar-refractivity contribution in [1.82, 2.24) is 30.3 Å². The van der Waals surface area contributed by atoms with E-state index >= 15 is 0 Å². The number of carbonyl (C=O) groups excluding carboxylic acids is 3. The molecule has 4 rings (SSSR count). The fraction of sp³-hybridized carbons (Fsp3) is 0.370. The Morgan fingerprint density at radius 2 is 1.95 bits per heavy atom. The quantitative estimate of drug-likeness (QED) is 0.342. The third-order valence-corrected chi connectivity index (χ3v) is 6.58. The van der Waals surface area contributed by atoms with Crippen LogP contribution in [0.2, 0.25) is 0 Å². The Hall–Kier alpha value is -4.46. The maximum atomic E-state index is 14.1. The molecule has 3 heterocycles. The Balaban J connectivity index is 1.62. The monoisotopic (exact) mass is 573 g/mol. The lowest BCUT2D eigenvalue weighted by molar-refractivity contribution is -0.118. The number of rotatable bonds is 10. The Kier molecular flexibility index (Phi) is 8.91. The lowest BCUT2D eigenvalue weighted by Crippen LogP contribution is -2.58. The zero-order valence-electron chi connectivity index (χ0n) is 22.7. The van der Waals surface area contributed by atoms with E-state index in [1.54, 1.807) is 0 Å². The highest BCUT2D eigenvalue weighted by Crippen LogP contribution is 2.29. The number of urea groups is 1. The zero-order chi connectivity index (χ0) is 29.7. The number of aryl methyl sites for hydroxylation is 2. The summed E-state index contributed by atoms with van der Waals surface area (Å²) in [6.07, 6.45) is 2.81. The van der Waals surface area contributed by atoms with Crippen molar-refractivity contribution < 1.29 is 32.3 Å². The number of methoxy groups -OCH3 is 1. The van der Waals surface area contributed by atoms with Gasteiger partial charge in [0.05, 0.1) is 25.7 Å². The average molecular weight is 574 g/mol. The molecule has 1 fully saturated rings. The molecule has 4 amide bonds. The molecule has 0 saturated carbocycles. The van der Waals surface area contributed by atoms with Crippen molar-refractivity contribution in [3.8, 4) is 0 Å². The van der Waals surface area contributed by atoms with Crippen LogP contribution in [0, 0.1) is 12.7 Å². The van der Waals surface area contributed by atoms with Gasteiger partial charge in [0.1, 0.15) is 23.4 Å². The van der Waals surface area contributed by atoms with Gasteiger partial charge in [0.25, 0.3) is 17.7 Å². The summed E-state index contributed by atoms with van der Waals surface area (Å²) in [5.74, 6) is -4.85. The number of ether oxygens (including phenoxy) is 1. The molecule has 2 aromatic heterocycles. The Morgan fingerprint density at radius 1 is 1.17 bits per heavy atom. The number of amides is 4. The van der Waals surface area contributed by atoms with Crippen LogP contribution in [0.1, 0.15) is 46.2 Å². The van der Waals surface area contributed by atoms with Gasteiger partial charge in [-0.2, -0.15) is 5.10 Å². The number of halogens is 3. The zero-order valence-corrected chi connectivity index (χ0v) is 22.7. The second-order valence-corrected chi connectivity index (χ2v) is 9.52. The molecule has 3 N–H and O–H groups in total. The minimum Gasteiger partial charge on any atom is -0.382 e. The van der Waals surface area contributed by atoms with E-state index in [4.69, 9.17) is 4.74 Å². The predicted octanol–water partition coefficient (Wildman–Crippen LogP) is 3.20. The van der Waals surface area contributed by atoms with E-state index in [2.05, 4.69) is 26.0 Å². The molecule has 0 spiro atoms. The molecule has 14 heteroatoms. The van der Waals surface area contributed by atoms with E-state index < -0.39 is 54.8 Å². The molecule has 0 aliphatic carbocycles. The summed E-state index contributed by atoms with van der Waals surface area (Å²) >= 11 is 0. The molecule has 218 valence electrons. The molecule has 0 unspecified atom stereocenters. The summed E-state index contributed by atoms with van der Waals surface area (Å²) < 4.78 is 48.9. The molecule has 1 saturated heterocycles. The minimum absolute atomic E-state index is 0.0365. The van der Waals surface area contributed by atoms with Crippen molar-refractivity contribution in [3.63, 3.8) is 0 Å². The van der Waals surface area contributed by atoms with E-state index in [1.807, 2.05) is 6.92 Å². The lowest BCUT2D eigenvalue weighted by atomic mass is 10.0. The Bertz CT molecular complexity index is 1430. The van der Waals surface area contributed by atoms with E-state index in [0.717, 1.165) is 4.90 Å². The van der Waals surface area contributed by atoms with Gasteiger partial charge in [0, 0.05) is 26.0 Å². The van der Waals surface area contributed by atoms with Gasteiger partial charge < -0.3 is 25.6 Å². The van der Waals surface area contributed by atoms with Crippen LogP contribution in [0.15, 0.2) is 48.8 Å². The van der Waals surface area contributed by atoms with Gasteiger partial charge in [0.2, 0.25) is 0 Å². The first-order valence-electron chi connectivity index (χ1n) is 12.8. The average Bonchev–Trinajstić information content (AvgIpc) is 3.43. The fourth-order valence-electron chi connectivity index (χ4n) is 4.51. The molecule has 0 radical (unpaired) electrons. The van der Waals surface area contributed by atoms with E-state index in [-0.39, 0.29) is 23.7 Å². The summed E-state index contributed by atoms with van der Waals surface area (Å²) in [6.45, 7) is 2.07. The number of pyridine rings is 1. The summed E-state index contributed by atoms with van der Waals surface area (Å²) in [4.78, 5) is 44.2. The van der Waals surface area contributed by atoms with Crippen LogP contribution >= 0.6 is 0 Å². The van der Waals surface area contributed by atoms with Crippen LogP contribution in [0.25, 0.3) is 0 Å². The SMILES string of the molecule is CCn1nccc1C(=O)N[C@H](C(=O)Nc1cc([C@@H](COC)N2CC(F)(F)CNC2=O)ccn1)c1ccc(F)c(C)c1. The third-order valence-electron chi connectivity index (χ3n) is 6.58. The molecule has 2 atom stereocenters. The van der Waals surface area contributed by atoms with Gasteiger partial charge in [-0.1, -0.05) is 12.1 Å². The second kappa shape index (κ2) is 12.4. The topological polar surface area (TPSA) is 130 Å². The highest BCUT2D eigenvalue weighted by atomic mass is 19.3. The van der Waals surface area contributed by atoms with E-state index in [9.17, 15) is 27.6 Å². The summed E-state index contributed by atoms with van der Waals surface area (Å²) in [6, 6.07) is 5.65. The standard InChI is InChI=1S/C27H30F3N7O4/c1-4-37-20(8-10-33-37)24(38)35-23(18-5-6-19(28)16(2)11-18)25(39)34-22-12-17(7-9-31-22)21(13-41-3)36-15-27(29,30)14-32-26(36)40/h5-12,21,23H,4,13-15H2,1-3H3,(H,32,40)(H,35,38)(H,31,34,39)/t21-,23+/m1/s1. The lowest BCUT2D eigenvalue weighted by Gasteiger charge is -2.38. The molecule has 0 bridgehead atoms. The molecule has 41 heavy (non-hydrogen) atoms. The van der Waals surface area contributed by atoms with Crippen molar-refractivity contribution in [2.45, 2.75) is 38.4 Å². The van der Waals surface area contributed by atoms with Crippen LogP contribution in [0.3, 0.4) is 0 Å². The molecule has 1 aliphatic heterocycles. The molecule has 11 nitrogen and oxygen atoms in total. The number of hydrogen-bond donors (Lipinski definition) is 3. The highest BCUT2D eigenvalue weighted by Gasteiger charge is 2.42. The van der Waals surface area contributed by atoms with Gasteiger partial charge in [-0.3, -0.25) is 14.3 Å². The first-order chi connectivity index (χ1) is 19.5. The Morgan fingerprint density at radius 3 is 2.66 bits per heavy atom. The summed E-state index contributed by atoms with van der Waals surface area (Å²) in [5, 5.41) is 11.6. The number of anilines is 1. The predicted molar refractivity (Wildman–Crippen MR) is 142 cm³/mol. The first-order valence-corrected chi connectivity index (χ1v) is 12.8. The number of nitrogens with zero attached hydrogens (tertiary/aromatic N) is 4. The largest absolute Gasteiger partial charge is 0.382 e.